The van der Waals surface area contributed by atoms with Crippen LogP contribution in [0.2, 0.25) is 0 Å². The van der Waals surface area contributed by atoms with Gasteiger partial charge in [0.1, 0.15) is 0 Å². The molecule has 4 rings (SSSR count). The number of nitriles is 6. The number of hydrogen-bond acceptors (Lipinski definition) is 22. The van der Waals surface area contributed by atoms with Crippen molar-refractivity contribution in [3.8, 4) is 36.4 Å². The minimum absolute atomic E-state index is 0. The van der Waals surface area contributed by atoms with E-state index in [1.54, 1.807) is 36.4 Å². The summed E-state index contributed by atoms with van der Waals surface area (Å²) in [6, 6.07) is 10.5. The van der Waals surface area contributed by atoms with E-state index in [0.29, 0.717) is 0 Å². The third-order valence-corrected chi connectivity index (χ3v) is 12.3. The molecule has 48 heteroatoms. The Morgan fingerprint density at radius 2 is 0.270 bits per heavy atom. The third-order valence-electron chi connectivity index (χ3n) is 10.8. The zero-order chi connectivity index (χ0) is 75.1. The summed E-state index contributed by atoms with van der Waals surface area (Å²) in [7, 11) is -24.0. The van der Waals surface area contributed by atoms with E-state index in [0.717, 1.165) is 98.4 Å². The van der Waals surface area contributed by atoms with Crippen molar-refractivity contribution in [2.75, 3.05) is 203 Å². The molecule has 0 atom stereocenters. The molecule has 0 spiro atoms. The van der Waals surface area contributed by atoms with Crippen LogP contribution in [0.1, 0.15) is 92.9 Å². The summed E-state index contributed by atoms with van der Waals surface area (Å²) in [5, 5.41) is 43.9. The molecule has 4 saturated heterocycles. The van der Waals surface area contributed by atoms with Crippen molar-refractivity contribution in [3.63, 3.8) is 0 Å². The first-order valence-corrected chi connectivity index (χ1v) is 34.4. The first kappa shape index (κ1) is 141. The number of halogens is 16. The summed E-state index contributed by atoms with van der Waals surface area (Å²) < 4.78 is 156. The third kappa shape index (κ3) is 179. The van der Waals surface area contributed by atoms with Crippen molar-refractivity contribution < 1.29 is 177 Å². The molecule has 0 aromatic carbocycles. The van der Waals surface area contributed by atoms with Crippen molar-refractivity contribution in [1.29, 1.82) is 31.6 Å². The van der Waals surface area contributed by atoms with E-state index in [-0.39, 0.29) is 108 Å². The summed E-state index contributed by atoms with van der Waals surface area (Å²) in [5.41, 5.74) is 0. The van der Waals surface area contributed by atoms with Gasteiger partial charge in [0.2, 0.25) is 0 Å². The predicted octanol–water partition coefficient (Wildman–Crippen LogP) is 10.3. The second-order valence-electron chi connectivity index (χ2n) is 18.5. The van der Waals surface area contributed by atoms with Gasteiger partial charge in [-0.25, -0.2) is 0 Å². The molecule has 0 aromatic heterocycles. The fourth-order valence-corrected chi connectivity index (χ4v) is 9.93. The first-order chi connectivity index (χ1) is 43.9. The van der Waals surface area contributed by atoms with Crippen LogP contribution in [-0.2, 0) is 209 Å². The van der Waals surface area contributed by atoms with E-state index in [1.807, 2.05) is 0 Å². The summed E-state index contributed by atoms with van der Waals surface area (Å²) >= 11 is 40.1. The van der Waals surface area contributed by atoms with Gasteiger partial charge in [-0.15, -0.1) is 0 Å². The van der Waals surface area contributed by atoms with Crippen LogP contribution in [0.15, 0.2) is 0 Å². The molecule has 4 aliphatic rings. The Kier molecular flexibility index (Phi) is 154. The van der Waals surface area contributed by atoms with E-state index >= 15 is 0 Å². The van der Waals surface area contributed by atoms with Crippen LogP contribution >= 0.6 is 0 Å². The van der Waals surface area contributed by atoms with Gasteiger partial charge in [-0.1, -0.05) is 0 Å². The minimum Gasteiger partial charge on any atom is -0.791 e. The van der Waals surface area contributed by atoms with Gasteiger partial charge in [0.05, 0.1) is 36.4 Å². The Bertz CT molecular complexity index is 1450. The van der Waals surface area contributed by atoms with Gasteiger partial charge >= 0.3 is 137 Å². The molecule has 0 saturated carbocycles. The zero-order valence-corrected chi connectivity index (χ0v) is 71.7. The van der Waals surface area contributed by atoms with Crippen LogP contribution in [0, 0.1) is 68.0 Å². The van der Waals surface area contributed by atoms with E-state index in [1.165, 1.54) is 198 Å². The minimum atomic E-state index is -6.00. The summed E-state index contributed by atoms with van der Waals surface area (Å²) in [4.78, 5) is 20.0. The molecule has 4 heterocycles. The molecule has 100 heavy (non-hydrogen) atoms. The zero-order valence-electron chi connectivity index (χ0n) is 57.2. The van der Waals surface area contributed by atoms with Gasteiger partial charge in [0.25, 0.3) is 0 Å². The average Bonchev–Trinajstić information content (AvgIpc) is 0.980. The molecule has 4 fully saturated rings. The molecule has 0 aliphatic carbocycles. The smallest absolute Gasteiger partial charge is 0.791 e. The molecular weight excluding hydrogens is 1850 g/mol. The van der Waals surface area contributed by atoms with Gasteiger partial charge in [-0.2, -0.15) is 77.6 Å². The molecule has 14 nitrogen and oxygen atoms in total. The summed E-state index contributed by atoms with van der Waals surface area (Å²) in [6.07, 6.45) is 10.1. The molecule has 0 radical (unpaired) electrons. The van der Waals surface area contributed by atoms with Crippen molar-refractivity contribution in [2.24, 2.45) is 0 Å². The quantitative estimate of drug-likeness (QED) is 0.0812. The van der Waals surface area contributed by atoms with Crippen LogP contribution < -0.4 is 0 Å². The topological polar surface area (TPSA) is 169 Å². The molecule has 0 aromatic rings. The second-order valence-corrected chi connectivity index (χ2v) is 21.8. The van der Waals surface area contributed by atoms with Crippen molar-refractivity contribution in [1.82, 2.24) is 39.2 Å². The molecule has 0 N–H and O–H groups in total. The van der Waals surface area contributed by atoms with E-state index < -0.39 is 29.0 Å². The number of hydrogen-bond donors (Lipinski definition) is 0. The Hall–Kier alpha value is 1.91. The maximum Gasteiger partial charge on any atom is 2.00 e. The molecule has 600 valence electrons. The van der Waals surface area contributed by atoms with E-state index in [9.17, 15) is 69.1 Å². The van der Waals surface area contributed by atoms with Crippen LogP contribution in [-0.4, -0.2) is 271 Å². The second kappa shape index (κ2) is 110. The first-order valence-electron chi connectivity index (χ1n) is 29.7. The van der Waals surface area contributed by atoms with Gasteiger partial charge in [-0.05, 0) is 208 Å². The van der Waals surface area contributed by atoms with Crippen LogP contribution in [0.5, 0.6) is 0 Å². The van der Waals surface area contributed by atoms with Crippen molar-refractivity contribution in [2.45, 2.75) is 92.9 Å². The number of nitrogens with zero attached hydrogens (tertiary/aromatic N) is 14. The van der Waals surface area contributed by atoms with Gasteiger partial charge in [-0.3, -0.25) is 0 Å². The maximum absolute atomic E-state index is 9.75. The Morgan fingerprint density at radius 1 is 0.220 bits per heavy atom. The number of rotatable bonds is 16. The van der Waals surface area contributed by atoms with Crippen LogP contribution in [0.4, 0.5) is 69.1 Å². The van der Waals surface area contributed by atoms with Crippen LogP contribution in [0.25, 0.3) is 0 Å². The predicted molar refractivity (Wildman–Crippen MR) is 375 cm³/mol. The Labute approximate surface area is 703 Å². The average molecular weight is 1950 g/mol. The standard InChI is InChI=1S/4C10H22N2S2.6C2H3N.4BF4.2Mo.4Ni/c4*13-9-7-11-3-1-4-12(8-10-14)6-2-5-11;6*1-2-3;4*2-1(3,4)5;;;;;;/h4*13-14H,1-10H2;6*1H3;;;;;;;;;;/q;;;;;;;;;;4*-1;6*+2/p-8. The fourth-order valence-electron chi connectivity index (χ4n) is 7.86. The van der Waals surface area contributed by atoms with E-state index in [2.05, 4.69) is 39.2 Å². The summed E-state index contributed by atoms with van der Waals surface area (Å²) in [5.74, 6) is 6.97. The largest absolute Gasteiger partial charge is 2.00 e. The van der Waals surface area contributed by atoms with Gasteiger partial charge < -0.3 is 209 Å². The molecule has 0 bridgehead atoms. The molecule has 0 amide bonds. The van der Waals surface area contributed by atoms with Gasteiger partial charge in [0.15, 0.2) is 0 Å². The maximum atomic E-state index is 9.75. The fraction of sp³-hybridized carbons (Fsp3) is 0.885. The molecule has 0 unspecified atom stereocenters. The monoisotopic (exact) mass is 1950 g/mol. The molecule has 4 aliphatic heterocycles. The summed E-state index contributed by atoms with van der Waals surface area (Å²) in [6.45, 7) is 36.7. The van der Waals surface area contributed by atoms with E-state index in [4.69, 9.17) is 133 Å². The van der Waals surface area contributed by atoms with Crippen LogP contribution in [0.3, 0.4) is 0 Å². The Balaban J connectivity index is -0.0000000566. The van der Waals surface area contributed by atoms with Crippen molar-refractivity contribution in [3.05, 3.63) is 0 Å². The Morgan fingerprint density at radius 3 is 0.310 bits per heavy atom. The SMILES string of the molecule is CC#N.CC#N.CC#N.CC#N.CC#N.CC#N.F[B-](F)(F)F.F[B-](F)(F)F.F[B-](F)(F)F.F[B-](F)(F)F.[Mo+2].[Mo+2].[Ni+2].[Ni+2].[Ni+2].[Ni+2].[S-]CCN1CCCN(CC[S-])CCC1.[S-]CCN1CCCN(CC[S-])CCC1.[S-]CCN1CCCN(CC[S-])CCC1.[S-]CCN1CCCN(CC[S-])CCC1. The van der Waals surface area contributed by atoms with Gasteiger partial charge in [0, 0.05) is 41.5 Å². The molecular formula is C52H98B4F16Mo2N14Ni4S8. The van der Waals surface area contributed by atoms with Crippen molar-refractivity contribution >= 4 is 130 Å². The normalized spacial score (nSPS) is 15.1.